The maximum absolute atomic E-state index is 13.4. The van der Waals surface area contributed by atoms with Gasteiger partial charge in [0.2, 0.25) is 20.9 Å². The highest BCUT2D eigenvalue weighted by molar-refractivity contribution is 7.90. The standard InChI is InChI=1S/C26H31N3O3S/c1-20(2)16-28(25(30)23-13-14-23)18-24-15-27-26(29(24)17-21-9-5-3-6-10-21)33(31,32)19-22-11-7-4-8-12-22/h3-12,15,20,23H,13-14,16-19H2,1-2H3. The van der Waals surface area contributed by atoms with Crippen molar-refractivity contribution in [3.8, 4) is 0 Å². The number of benzene rings is 2. The molecule has 0 unspecified atom stereocenters. The number of hydrogen-bond acceptors (Lipinski definition) is 4. The number of rotatable bonds is 10. The fraction of sp³-hybridized carbons (Fsp3) is 0.385. The largest absolute Gasteiger partial charge is 0.336 e. The lowest BCUT2D eigenvalue weighted by Gasteiger charge is -2.25. The minimum absolute atomic E-state index is 0.0496. The minimum Gasteiger partial charge on any atom is -0.336 e. The van der Waals surface area contributed by atoms with E-state index in [1.54, 1.807) is 10.8 Å². The maximum Gasteiger partial charge on any atom is 0.228 e. The SMILES string of the molecule is CC(C)CN(Cc1cnc(S(=O)(=O)Cc2ccccc2)n1Cc1ccccc1)C(=O)C1CC1. The third-order valence-electron chi connectivity index (χ3n) is 5.74. The second-order valence-electron chi connectivity index (χ2n) is 9.24. The fourth-order valence-corrected chi connectivity index (χ4v) is 5.51. The van der Waals surface area contributed by atoms with Crippen LogP contribution in [0.1, 0.15) is 43.5 Å². The fourth-order valence-electron chi connectivity index (χ4n) is 4.02. The van der Waals surface area contributed by atoms with E-state index in [4.69, 9.17) is 0 Å². The molecule has 1 amide bonds. The van der Waals surface area contributed by atoms with E-state index in [1.807, 2.05) is 65.6 Å². The molecule has 3 aromatic rings. The van der Waals surface area contributed by atoms with Gasteiger partial charge in [0.15, 0.2) is 0 Å². The van der Waals surface area contributed by atoms with Crippen LogP contribution in [0.4, 0.5) is 0 Å². The van der Waals surface area contributed by atoms with Gasteiger partial charge in [-0.1, -0.05) is 74.5 Å². The molecule has 0 atom stereocenters. The Kier molecular flexibility index (Phi) is 6.98. The first kappa shape index (κ1) is 23.2. The first-order valence-corrected chi connectivity index (χ1v) is 13.1. The molecule has 7 heteroatoms. The lowest BCUT2D eigenvalue weighted by atomic mass is 10.2. The van der Waals surface area contributed by atoms with Gasteiger partial charge in [-0.3, -0.25) is 4.79 Å². The van der Waals surface area contributed by atoms with Gasteiger partial charge in [0.25, 0.3) is 0 Å². The zero-order valence-corrected chi connectivity index (χ0v) is 20.0. The Morgan fingerprint density at radius 3 is 2.21 bits per heavy atom. The van der Waals surface area contributed by atoms with Crippen molar-refractivity contribution in [1.82, 2.24) is 14.5 Å². The van der Waals surface area contributed by atoms with Gasteiger partial charge in [0.05, 0.1) is 30.7 Å². The molecule has 0 spiro atoms. The molecule has 1 fully saturated rings. The van der Waals surface area contributed by atoms with Crippen LogP contribution in [0.5, 0.6) is 0 Å². The van der Waals surface area contributed by atoms with Gasteiger partial charge in [-0.05, 0) is 29.9 Å². The number of carbonyl (C=O) groups is 1. The smallest absolute Gasteiger partial charge is 0.228 e. The second kappa shape index (κ2) is 9.91. The molecule has 1 aliphatic rings. The number of aromatic nitrogens is 2. The minimum atomic E-state index is -3.68. The van der Waals surface area contributed by atoms with Crippen molar-refractivity contribution in [3.63, 3.8) is 0 Å². The van der Waals surface area contributed by atoms with Crippen LogP contribution < -0.4 is 0 Å². The average Bonchev–Trinajstić information content (AvgIpc) is 3.56. The van der Waals surface area contributed by atoms with E-state index in [-0.39, 0.29) is 22.7 Å². The van der Waals surface area contributed by atoms with Gasteiger partial charge in [0.1, 0.15) is 0 Å². The van der Waals surface area contributed by atoms with Crippen LogP contribution in [0.3, 0.4) is 0 Å². The molecule has 0 radical (unpaired) electrons. The summed E-state index contributed by atoms with van der Waals surface area (Å²) in [5.41, 5.74) is 2.44. The van der Waals surface area contributed by atoms with E-state index < -0.39 is 9.84 Å². The topological polar surface area (TPSA) is 72.3 Å². The average molecular weight is 466 g/mol. The summed E-state index contributed by atoms with van der Waals surface area (Å²) in [5, 5.41) is 0.0496. The van der Waals surface area contributed by atoms with Crippen LogP contribution in [0, 0.1) is 11.8 Å². The summed E-state index contributed by atoms with van der Waals surface area (Å²) in [6.07, 6.45) is 3.50. The summed E-state index contributed by atoms with van der Waals surface area (Å²) in [6, 6.07) is 18.9. The lowest BCUT2D eigenvalue weighted by Crippen LogP contribution is -2.35. The summed E-state index contributed by atoms with van der Waals surface area (Å²) in [7, 11) is -3.68. The molecule has 1 aliphatic carbocycles. The molecule has 33 heavy (non-hydrogen) atoms. The Hall–Kier alpha value is -2.93. The van der Waals surface area contributed by atoms with Crippen LogP contribution in [-0.4, -0.2) is 35.3 Å². The van der Waals surface area contributed by atoms with E-state index >= 15 is 0 Å². The number of amides is 1. The molecule has 1 saturated carbocycles. The zero-order valence-electron chi connectivity index (χ0n) is 19.2. The van der Waals surface area contributed by atoms with Crippen LogP contribution in [0.15, 0.2) is 72.0 Å². The molecule has 2 aromatic carbocycles. The summed E-state index contributed by atoms with van der Waals surface area (Å²) in [6.45, 7) is 5.55. The highest BCUT2D eigenvalue weighted by Gasteiger charge is 2.34. The molecule has 0 saturated heterocycles. The van der Waals surface area contributed by atoms with Crippen molar-refractivity contribution in [2.45, 2.75) is 50.7 Å². The molecule has 6 nitrogen and oxygen atoms in total. The molecule has 1 heterocycles. The Morgan fingerprint density at radius 2 is 1.64 bits per heavy atom. The Balaban J connectivity index is 1.69. The quantitative estimate of drug-likeness (QED) is 0.448. The third-order valence-corrected chi connectivity index (χ3v) is 7.33. The molecular weight excluding hydrogens is 434 g/mol. The van der Waals surface area contributed by atoms with Crippen LogP contribution in [0.2, 0.25) is 0 Å². The molecule has 0 N–H and O–H groups in total. The van der Waals surface area contributed by atoms with E-state index in [0.29, 0.717) is 25.6 Å². The second-order valence-corrected chi connectivity index (χ2v) is 11.1. The van der Waals surface area contributed by atoms with Crippen molar-refractivity contribution in [2.24, 2.45) is 11.8 Å². The van der Waals surface area contributed by atoms with E-state index in [0.717, 1.165) is 29.7 Å². The van der Waals surface area contributed by atoms with Crippen LogP contribution >= 0.6 is 0 Å². The zero-order chi connectivity index (χ0) is 23.4. The molecule has 174 valence electrons. The summed E-state index contributed by atoms with van der Waals surface area (Å²) in [5.74, 6) is 0.468. The Morgan fingerprint density at radius 1 is 1.03 bits per heavy atom. The van der Waals surface area contributed by atoms with Crippen molar-refractivity contribution in [3.05, 3.63) is 83.7 Å². The predicted molar refractivity (Wildman–Crippen MR) is 128 cm³/mol. The van der Waals surface area contributed by atoms with Crippen LogP contribution in [-0.2, 0) is 33.5 Å². The predicted octanol–water partition coefficient (Wildman–Crippen LogP) is 4.30. The van der Waals surface area contributed by atoms with Crippen molar-refractivity contribution >= 4 is 15.7 Å². The van der Waals surface area contributed by atoms with Gasteiger partial charge in [-0.2, -0.15) is 0 Å². The van der Waals surface area contributed by atoms with Gasteiger partial charge in [-0.15, -0.1) is 0 Å². The highest BCUT2D eigenvalue weighted by atomic mass is 32.2. The van der Waals surface area contributed by atoms with Crippen molar-refractivity contribution in [2.75, 3.05) is 6.54 Å². The first-order valence-electron chi connectivity index (χ1n) is 11.5. The maximum atomic E-state index is 13.4. The Bertz CT molecular complexity index is 1180. The summed E-state index contributed by atoms with van der Waals surface area (Å²) < 4.78 is 28.5. The number of imidazole rings is 1. The number of sulfone groups is 1. The van der Waals surface area contributed by atoms with Gasteiger partial charge in [-0.25, -0.2) is 13.4 Å². The molecule has 0 aliphatic heterocycles. The summed E-state index contributed by atoms with van der Waals surface area (Å²) in [4.78, 5) is 19.2. The lowest BCUT2D eigenvalue weighted by molar-refractivity contribution is -0.133. The Labute approximate surface area is 196 Å². The first-order chi connectivity index (χ1) is 15.8. The van der Waals surface area contributed by atoms with Crippen LogP contribution in [0.25, 0.3) is 0 Å². The number of carbonyl (C=O) groups excluding carboxylic acids is 1. The molecule has 1 aromatic heterocycles. The monoisotopic (exact) mass is 465 g/mol. The van der Waals surface area contributed by atoms with Gasteiger partial charge < -0.3 is 9.47 Å². The molecular formula is C26H31N3O3S. The number of hydrogen-bond donors (Lipinski definition) is 0. The molecule has 0 bridgehead atoms. The van der Waals surface area contributed by atoms with Gasteiger partial charge in [0, 0.05) is 12.5 Å². The number of nitrogens with zero attached hydrogens (tertiary/aromatic N) is 3. The normalized spacial score (nSPS) is 13.9. The highest BCUT2D eigenvalue weighted by Crippen LogP contribution is 2.32. The van der Waals surface area contributed by atoms with Crippen molar-refractivity contribution < 1.29 is 13.2 Å². The van der Waals surface area contributed by atoms with Crippen molar-refractivity contribution in [1.29, 1.82) is 0 Å². The van der Waals surface area contributed by atoms with E-state index in [2.05, 4.69) is 18.8 Å². The van der Waals surface area contributed by atoms with E-state index in [9.17, 15) is 13.2 Å². The molecule has 4 rings (SSSR count). The van der Waals surface area contributed by atoms with E-state index in [1.165, 1.54) is 0 Å². The third kappa shape index (κ3) is 5.90. The van der Waals surface area contributed by atoms with Gasteiger partial charge >= 0.3 is 0 Å². The summed E-state index contributed by atoms with van der Waals surface area (Å²) >= 11 is 0.